The van der Waals surface area contributed by atoms with Crippen molar-refractivity contribution in [2.75, 3.05) is 42.3 Å². The number of ether oxygens (including phenoxy) is 1. The van der Waals surface area contributed by atoms with Gasteiger partial charge in [0.05, 0.1) is 30.3 Å². The van der Waals surface area contributed by atoms with Crippen molar-refractivity contribution >= 4 is 40.6 Å². The highest BCUT2D eigenvalue weighted by Crippen LogP contribution is 2.30. The van der Waals surface area contributed by atoms with E-state index in [0.29, 0.717) is 24.0 Å². The number of benzene rings is 2. The Balaban J connectivity index is 1.58. The molecule has 138 valence electrons. The molecule has 1 N–H and O–H groups in total. The summed E-state index contributed by atoms with van der Waals surface area (Å²) in [5.41, 5.74) is 4.23. The number of amides is 1. The molecule has 26 heavy (non-hydrogen) atoms. The maximum Gasteiger partial charge on any atom is 0.234 e. The van der Waals surface area contributed by atoms with E-state index in [4.69, 9.17) is 16.3 Å². The minimum atomic E-state index is -0.0144. The zero-order valence-electron chi connectivity index (χ0n) is 14.8. The predicted octanol–water partition coefficient (Wildman–Crippen LogP) is 4.36. The third-order valence-corrected chi connectivity index (χ3v) is 5.41. The summed E-state index contributed by atoms with van der Waals surface area (Å²) in [7, 11) is 0. The largest absolute Gasteiger partial charge is 0.378 e. The molecule has 1 saturated heterocycles. The van der Waals surface area contributed by atoms with Crippen LogP contribution in [0.4, 0.5) is 11.4 Å². The van der Waals surface area contributed by atoms with Crippen molar-refractivity contribution in [2.45, 2.75) is 12.7 Å². The Bertz CT molecular complexity index is 763. The summed E-state index contributed by atoms with van der Waals surface area (Å²) in [6, 6.07) is 14.0. The lowest BCUT2D eigenvalue weighted by Crippen LogP contribution is -2.36. The maximum absolute atomic E-state index is 12.4. The van der Waals surface area contributed by atoms with Crippen LogP contribution in [0.1, 0.15) is 11.1 Å². The van der Waals surface area contributed by atoms with E-state index in [1.807, 2.05) is 24.3 Å². The van der Waals surface area contributed by atoms with Crippen molar-refractivity contribution in [2.24, 2.45) is 0 Å². The molecule has 0 aliphatic carbocycles. The van der Waals surface area contributed by atoms with Crippen molar-refractivity contribution in [3.05, 3.63) is 58.6 Å². The van der Waals surface area contributed by atoms with Gasteiger partial charge in [0.1, 0.15) is 0 Å². The Labute approximate surface area is 163 Å². The van der Waals surface area contributed by atoms with E-state index in [1.54, 1.807) is 11.8 Å². The molecular weight excluding hydrogens is 368 g/mol. The minimum Gasteiger partial charge on any atom is -0.378 e. The van der Waals surface area contributed by atoms with Crippen molar-refractivity contribution in [1.29, 1.82) is 0 Å². The average Bonchev–Trinajstić information content (AvgIpc) is 2.63. The lowest BCUT2D eigenvalue weighted by molar-refractivity contribution is -0.113. The summed E-state index contributed by atoms with van der Waals surface area (Å²) >= 11 is 7.75. The average molecular weight is 391 g/mol. The Morgan fingerprint density at radius 2 is 2.04 bits per heavy atom. The normalized spacial score (nSPS) is 14.3. The summed E-state index contributed by atoms with van der Waals surface area (Å²) < 4.78 is 5.41. The van der Waals surface area contributed by atoms with Gasteiger partial charge in [0, 0.05) is 23.9 Å². The van der Waals surface area contributed by atoms with Gasteiger partial charge in [0.2, 0.25) is 5.91 Å². The monoisotopic (exact) mass is 390 g/mol. The van der Waals surface area contributed by atoms with Crippen molar-refractivity contribution in [1.82, 2.24) is 0 Å². The predicted molar refractivity (Wildman–Crippen MR) is 110 cm³/mol. The summed E-state index contributed by atoms with van der Waals surface area (Å²) in [6.45, 7) is 5.09. The van der Waals surface area contributed by atoms with Crippen LogP contribution in [-0.2, 0) is 15.3 Å². The molecule has 0 spiro atoms. The second-order valence-electron chi connectivity index (χ2n) is 6.29. The van der Waals surface area contributed by atoms with E-state index in [2.05, 4.69) is 35.3 Å². The van der Waals surface area contributed by atoms with E-state index in [0.717, 1.165) is 30.2 Å². The fraction of sp³-hybridized carbons (Fsp3) is 0.350. The third kappa shape index (κ3) is 5.40. The summed E-state index contributed by atoms with van der Waals surface area (Å²) in [6.07, 6.45) is 0. The first-order valence-corrected chi connectivity index (χ1v) is 10.2. The van der Waals surface area contributed by atoms with Crippen LogP contribution >= 0.6 is 23.4 Å². The van der Waals surface area contributed by atoms with Gasteiger partial charge in [-0.1, -0.05) is 41.4 Å². The fourth-order valence-corrected chi connectivity index (χ4v) is 3.89. The molecule has 2 aromatic rings. The van der Waals surface area contributed by atoms with Crippen LogP contribution < -0.4 is 10.2 Å². The van der Waals surface area contributed by atoms with Crippen molar-refractivity contribution < 1.29 is 9.53 Å². The van der Waals surface area contributed by atoms with Crippen LogP contribution in [0.3, 0.4) is 0 Å². The van der Waals surface area contributed by atoms with Gasteiger partial charge < -0.3 is 15.0 Å². The number of aryl methyl sites for hydroxylation is 1. The number of nitrogens with zero attached hydrogens (tertiary/aromatic N) is 1. The summed E-state index contributed by atoms with van der Waals surface area (Å²) in [5.74, 6) is 1.21. The number of hydrogen-bond donors (Lipinski definition) is 1. The molecule has 0 atom stereocenters. The Hall–Kier alpha value is -1.69. The molecule has 3 rings (SSSR count). The first-order valence-electron chi connectivity index (χ1n) is 8.67. The number of thioether (sulfide) groups is 1. The van der Waals surface area contributed by atoms with Crippen LogP contribution in [0.2, 0.25) is 5.02 Å². The molecule has 4 nitrogen and oxygen atoms in total. The topological polar surface area (TPSA) is 41.6 Å². The van der Waals surface area contributed by atoms with E-state index < -0.39 is 0 Å². The fourth-order valence-electron chi connectivity index (χ4n) is 2.94. The molecule has 1 amide bonds. The smallest absolute Gasteiger partial charge is 0.234 e. The van der Waals surface area contributed by atoms with Crippen molar-refractivity contribution in [3.8, 4) is 0 Å². The van der Waals surface area contributed by atoms with Gasteiger partial charge in [0.25, 0.3) is 0 Å². The van der Waals surface area contributed by atoms with E-state index in [-0.39, 0.29) is 5.91 Å². The van der Waals surface area contributed by atoms with Crippen LogP contribution in [0, 0.1) is 6.92 Å². The molecular formula is C20H23ClN2O2S. The van der Waals surface area contributed by atoms with Crippen molar-refractivity contribution in [3.63, 3.8) is 0 Å². The molecule has 0 aromatic heterocycles. The van der Waals surface area contributed by atoms with Gasteiger partial charge in [0.15, 0.2) is 0 Å². The molecule has 1 aliphatic heterocycles. The second-order valence-corrected chi connectivity index (χ2v) is 7.71. The van der Waals surface area contributed by atoms with Crippen LogP contribution in [0.5, 0.6) is 0 Å². The molecule has 6 heteroatoms. The Morgan fingerprint density at radius 3 is 2.81 bits per heavy atom. The second kappa shape index (κ2) is 9.31. The Morgan fingerprint density at radius 1 is 1.23 bits per heavy atom. The maximum atomic E-state index is 12.4. The highest BCUT2D eigenvalue weighted by atomic mass is 35.5. The number of anilines is 2. The highest BCUT2D eigenvalue weighted by molar-refractivity contribution is 7.99. The SMILES string of the molecule is Cc1cccc(CSCC(=O)Nc2cc(Cl)ccc2N2CCOCC2)c1. The van der Waals surface area contributed by atoms with Crippen LogP contribution in [0.15, 0.2) is 42.5 Å². The number of rotatable bonds is 6. The van der Waals surface area contributed by atoms with Gasteiger partial charge in [-0.25, -0.2) is 0 Å². The van der Waals surface area contributed by atoms with Gasteiger partial charge in [-0.05, 0) is 30.7 Å². The van der Waals surface area contributed by atoms with Gasteiger partial charge in [-0.2, -0.15) is 0 Å². The lowest BCUT2D eigenvalue weighted by atomic mass is 10.2. The molecule has 0 radical (unpaired) electrons. The van der Waals surface area contributed by atoms with Gasteiger partial charge >= 0.3 is 0 Å². The standard InChI is InChI=1S/C20H23ClN2O2S/c1-15-3-2-4-16(11-15)13-26-14-20(24)22-18-12-17(21)5-6-19(18)23-7-9-25-10-8-23/h2-6,11-12H,7-10,13-14H2,1H3,(H,22,24). The quantitative estimate of drug-likeness (QED) is 0.795. The van der Waals surface area contributed by atoms with E-state index in [9.17, 15) is 4.79 Å². The summed E-state index contributed by atoms with van der Waals surface area (Å²) in [5, 5.41) is 3.64. The number of carbonyl (C=O) groups is 1. The number of carbonyl (C=O) groups excluding carboxylic acids is 1. The minimum absolute atomic E-state index is 0.0144. The lowest BCUT2D eigenvalue weighted by Gasteiger charge is -2.30. The Kier molecular flexibility index (Phi) is 6.83. The van der Waals surface area contributed by atoms with Gasteiger partial charge in [-0.15, -0.1) is 11.8 Å². The molecule has 2 aromatic carbocycles. The molecule has 1 heterocycles. The zero-order valence-corrected chi connectivity index (χ0v) is 16.4. The van der Waals surface area contributed by atoms with E-state index >= 15 is 0 Å². The highest BCUT2D eigenvalue weighted by Gasteiger charge is 2.16. The number of hydrogen-bond acceptors (Lipinski definition) is 4. The number of halogens is 1. The molecule has 1 aliphatic rings. The molecule has 0 saturated carbocycles. The summed E-state index contributed by atoms with van der Waals surface area (Å²) in [4.78, 5) is 14.6. The number of morpholine rings is 1. The first-order chi connectivity index (χ1) is 12.6. The van der Waals surface area contributed by atoms with E-state index in [1.165, 1.54) is 11.1 Å². The van der Waals surface area contributed by atoms with Crippen LogP contribution in [-0.4, -0.2) is 38.0 Å². The first kappa shape index (κ1) is 19.1. The van der Waals surface area contributed by atoms with Gasteiger partial charge in [-0.3, -0.25) is 4.79 Å². The zero-order chi connectivity index (χ0) is 18.4. The molecule has 0 bridgehead atoms. The molecule has 0 unspecified atom stereocenters. The van der Waals surface area contributed by atoms with Crippen LogP contribution in [0.25, 0.3) is 0 Å². The third-order valence-electron chi connectivity index (χ3n) is 4.17. The number of nitrogens with one attached hydrogen (secondary N) is 1. The molecule has 1 fully saturated rings.